The monoisotopic (exact) mass is 370 g/mol. The van der Waals surface area contributed by atoms with Crippen molar-refractivity contribution in [3.8, 4) is 11.5 Å². The van der Waals surface area contributed by atoms with Gasteiger partial charge in [0.1, 0.15) is 6.61 Å². The first-order chi connectivity index (χ1) is 13.2. The van der Waals surface area contributed by atoms with Gasteiger partial charge in [-0.05, 0) is 68.3 Å². The third kappa shape index (κ3) is 6.89. The number of methoxy groups -OCH3 is 1. The van der Waals surface area contributed by atoms with Crippen LogP contribution < -0.4 is 14.8 Å². The van der Waals surface area contributed by atoms with Gasteiger partial charge in [-0.25, -0.2) is 0 Å². The first kappa shape index (κ1) is 21.3. The Balaban J connectivity index is 1.83. The Bertz CT molecular complexity index is 684. The zero-order valence-corrected chi connectivity index (χ0v) is 17.3. The van der Waals surface area contributed by atoms with Crippen LogP contribution in [0.25, 0.3) is 0 Å². The minimum atomic E-state index is 0.548. The van der Waals surface area contributed by atoms with Gasteiger partial charge < -0.3 is 19.7 Å². The second-order valence-electron chi connectivity index (χ2n) is 6.76. The Morgan fingerprint density at radius 3 is 2.48 bits per heavy atom. The molecule has 0 spiro atoms. The van der Waals surface area contributed by atoms with Gasteiger partial charge in [-0.1, -0.05) is 44.2 Å². The summed E-state index contributed by atoms with van der Waals surface area (Å²) in [7, 11) is 1.69. The molecule has 0 amide bonds. The van der Waals surface area contributed by atoms with E-state index in [1.165, 1.54) is 16.7 Å². The Morgan fingerprint density at radius 2 is 1.78 bits per heavy atom. The van der Waals surface area contributed by atoms with Gasteiger partial charge >= 0.3 is 0 Å². The molecule has 0 radical (unpaired) electrons. The molecule has 1 N–H and O–H groups in total. The summed E-state index contributed by atoms with van der Waals surface area (Å²) >= 11 is 0. The van der Waals surface area contributed by atoms with E-state index in [1.54, 1.807) is 7.11 Å². The maximum Gasteiger partial charge on any atom is 0.161 e. The summed E-state index contributed by atoms with van der Waals surface area (Å²) in [5.74, 6) is 1.57. The van der Waals surface area contributed by atoms with E-state index in [0.29, 0.717) is 6.61 Å². The van der Waals surface area contributed by atoms with E-state index in [4.69, 9.17) is 9.47 Å². The van der Waals surface area contributed by atoms with E-state index in [2.05, 4.69) is 55.3 Å². The van der Waals surface area contributed by atoms with Crippen molar-refractivity contribution in [1.29, 1.82) is 0 Å². The van der Waals surface area contributed by atoms with Gasteiger partial charge in [0.05, 0.1) is 7.11 Å². The molecule has 0 saturated heterocycles. The Hall–Kier alpha value is -2.04. The van der Waals surface area contributed by atoms with Gasteiger partial charge in [0.25, 0.3) is 0 Å². The molecule has 0 unspecified atom stereocenters. The average Bonchev–Trinajstić information content (AvgIpc) is 2.70. The summed E-state index contributed by atoms with van der Waals surface area (Å²) in [6.45, 7) is 12.3. The van der Waals surface area contributed by atoms with Crippen LogP contribution in [-0.2, 0) is 13.2 Å². The number of ether oxygens (including phenoxy) is 2. The summed E-state index contributed by atoms with van der Waals surface area (Å²) in [5, 5.41) is 3.52. The topological polar surface area (TPSA) is 33.7 Å². The van der Waals surface area contributed by atoms with Crippen LogP contribution in [-0.4, -0.2) is 38.2 Å². The second kappa shape index (κ2) is 11.6. The van der Waals surface area contributed by atoms with Crippen molar-refractivity contribution in [3.63, 3.8) is 0 Å². The number of aryl methyl sites for hydroxylation is 1. The summed E-state index contributed by atoms with van der Waals surface area (Å²) in [5.41, 5.74) is 3.64. The molecule has 148 valence electrons. The minimum absolute atomic E-state index is 0.548. The molecule has 0 heterocycles. The Labute approximate surface area is 164 Å². The van der Waals surface area contributed by atoms with Crippen LogP contribution >= 0.6 is 0 Å². The van der Waals surface area contributed by atoms with E-state index < -0.39 is 0 Å². The van der Waals surface area contributed by atoms with Crippen molar-refractivity contribution in [2.75, 3.05) is 33.3 Å². The van der Waals surface area contributed by atoms with E-state index in [0.717, 1.165) is 50.6 Å². The van der Waals surface area contributed by atoms with E-state index in [1.807, 2.05) is 18.2 Å². The molecule has 0 aliphatic carbocycles. The predicted molar refractivity (Wildman–Crippen MR) is 113 cm³/mol. The van der Waals surface area contributed by atoms with Crippen molar-refractivity contribution in [1.82, 2.24) is 10.2 Å². The largest absolute Gasteiger partial charge is 0.493 e. The van der Waals surface area contributed by atoms with Crippen LogP contribution in [0.15, 0.2) is 42.5 Å². The second-order valence-corrected chi connectivity index (χ2v) is 6.76. The maximum absolute atomic E-state index is 5.99. The molecule has 2 aromatic carbocycles. The molecular weight excluding hydrogens is 336 g/mol. The third-order valence-corrected chi connectivity index (χ3v) is 4.92. The number of benzene rings is 2. The Kier molecular flexibility index (Phi) is 9.16. The molecule has 0 bridgehead atoms. The molecule has 0 atom stereocenters. The minimum Gasteiger partial charge on any atom is -0.493 e. The lowest BCUT2D eigenvalue weighted by atomic mass is 10.1. The molecule has 0 aromatic heterocycles. The van der Waals surface area contributed by atoms with Gasteiger partial charge in [-0.3, -0.25) is 0 Å². The SMILES string of the molecule is CCN(CC)CCCNCc1ccc(OCc2ccccc2C)c(OC)c1. The first-order valence-electron chi connectivity index (χ1n) is 9.95. The van der Waals surface area contributed by atoms with Crippen LogP contribution in [0.3, 0.4) is 0 Å². The number of rotatable bonds is 12. The van der Waals surface area contributed by atoms with Crippen LogP contribution in [0.2, 0.25) is 0 Å². The van der Waals surface area contributed by atoms with Crippen molar-refractivity contribution < 1.29 is 9.47 Å². The van der Waals surface area contributed by atoms with Gasteiger partial charge in [0.15, 0.2) is 11.5 Å². The fraction of sp³-hybridized carbons (Fsp3) is 0.478. The predicted octanol–water partition coefficient (Wildman–Crippen LogP) is 4.40. The lowest BCUT2D eigenvalue weighted by molar-refractivity contribution is 0.283. The fourth-order valence-electron chi connectivity index (χ4n) is 3.07. The smallest absolute Gasteiger partial charge is 0.161 e. The molecule has 0 aliphatic heterocycles. The quantitative estimate of drug-likeness (QED) is 0.561. The number of hydrogen-bond acceptors (Lipinski definition) is 4. The van der Waals surface area contributed by atoms with Crippen LogP contribution in [0, 0.1) is 6.92 Å². The maximum atomic E-state index is 5.99. The van der Waals surface area contributed by atoms with Crippen molar-refractivity contribution >= 4 is 0 Å². The van der Waals surface area contributed by atoms with Crippen molar-refractivity contribution in [3.05, 3.63) is 59.2 Å². The summed E-state index contributed by atoms with van der Waals surface area (Å²) < 4.78 is 11.5. The molecule has 4 nitrogen and oxygen atoms in total. The zero-order chi connectivity index (χ0) is 19.5. The van der Waals surface area contributed by atoms with Crippen molar-refractivity contribution in [2.24, 2.45) is 0 Å². The molecule has 0 saturated carbocycles. The molecule has 0 fully saturated rings. The zero-order valence-electron chi connectivity index (χ0n) is 17.3. The van der Waals surface area contributed by atoms with Gasteiger partial charge in [-0.15, -0.1) is 0 Å². The van der Waals surface area contributed by atoms with Crippen molar-refractivity contribution in [2.45, 2.75) is 40.3 Å². The molecule has 2 rings (SSSR count). The van der Waals surface area contributed by atoms with Gasteiger partial charge in [-0.2, -0.15) is 0 Å². The highest BCUT2D eigenvalue weighted by molar-refractivity contribution is 5.43. The standard InChI is InChI=1S/C23H34N2O2/c1-5-25(6-2)15-9-14-24-17-20-12-13-22(23(16-20)26-4)27-18-21-11-8-7-10-19(21)3/h7-8,10-13,16,24H,5-6,9,14-15,17-18H2,1-4H3. The summed E-state index contributed by atoms with van der Waals surface area (Å²) in [6, 6.07) is 14.5. The molecular formula is C23H34N2O2. The summed E-state index contributed by atoms with van der Waals surface area (Å²) in [4.78, 5) is 2.45. The molecule has 27 heavy (non-hydrogen) atoms. The van der Waals surface area contributed by atoms with E-state index in [9.17, 15) is 0 Å². The fourth-order valence-corrected chi connectivity index (χ4v) is 3.07. The number of nitrogens with zero attached hydrogens (tertiary/aromatic N) is 1. The van der Waals surface area contributed by atoms with E-state index in [-0.39, 0.29) is 0 Å². The van der Waals surface area contributed by atoms with E-state index >= 15 is 0 Å². The van der Waals surface area contributed by atoms with Crippen LogP contribution in [0.4, 0.5) is 0 Å². The lowest BCUT2D eigenvalue weighted by Gasteiger charge is -2.17. The highest BCUT2D eigenvalue weighted by Gasteiger charge is 2.07. The number of nitrogens with one attached hydrogen (secondary N) is 1. The highest BCUT2D eigenvalue weighted by Crippen LogP contribution is 2.29. The Morgan fingerprint density at radius 1 is 1.00 bits per heavy atom. The third-order valence-electron chi connectivity index (χ3n) is 4.92. The number of hydrogen-bond donors (Lipinski definition) is 1. The summed E-state index contributed by atoms with van der Waals surface area (Å²) in [6.07, 6.45) is 1.16. The molecule has 0 aliphatic rings. The average molecular weight is 371 g/mol. The lowest BCUT2D eigenvalue weighted by Crippen LogP contribution is -2.27. The normalized spacial score (nSPS) is 11.0. The molecule has 4 heteroatoms. The first-order valence-corrected chi connectivity index (χ1v) is 9.95. The van der Waals surface area contributed by atoms with Crippen LogP contribution in [0.5, 0.6) is 11.5 Å². The van der Waals surface area contributed by atoms with Crippen LogP contribution in [0.1, 0.15) is 37.0 Å². The van der Waals surface area contributed by atoms with Gasteiger partial charge in [0, 0.05) is 6.54 Å². The molecule has 2 aromatic rings. The van der Waals surface area contributed by atoms with Gasteiger partial charge in [0.2, 0.25) is 0 Å². The highest BCUT2D eigenvalue weighted by atomic mass is 16.5.